The van der Waals surface area contributed by atoms with Crippen LogP contribution in [-0.2, 0) is 24.8 Å². The van der Waals surface area contributed by atoms with Gasteiger partial charge in [0.05, 0.1) is 25.8 Å². The fourth-order valence-electron chi connectivity index (χ4n) is 2.64. The number of ketones is 1. The fraction of sp³-hybridized carbons (Fsp3) is 0.238. The van der Waals surface area contributed by atoms with Crippen molar-refractivity contribution < 1.29 is 14.3 Å². The lowest BCUT2D eigenvalue weighted by atomic mass is 10.1. The van der Waals surface area contributed by atoms with E-state index in [2.05, 4.69) is 15.5 Å². The summed E-state index contributed by atoms with van der Waals surface area (Å²) in [6.45, 7) is 0.254. The Hall–Kier alpha value is -2.84. The largest absolute Gasteiger partial charge is 0.497 e. The maximum absolute atomic E-state index is 12.3. The predicted molar refractivity (Wildman–Crippen MR) is 116 cm³/mol. The van der Waals surface area contributed by atoms with Crippen LogP contribution < -0.4 is 10.1 Å². The third kappa shape index (κ3) is 5.84. The van der Waals surface area contributed by atoms with E-state index in [0.717, 1.165) is 11.3 Å². The zero-order valence-corrected chi connectivity index (χ0v) is 18.2. The number of thioether (sulfide) groups is 1. The molecule has 2 aromatic carbocycles. The molecule has 0 fully saturated rings. The predicted octanol–water partition coefficient (Wildman–Crippen LogP) is 3.31. The van der Waals surface area contributed by atoms with Crippen molar-refractivity contribution >= 4 is 35.1 Å². The van der Waals surface area contributed by atoms with Gasteiger partial charge >= 0.3 is 0 Å². The average molecular weight is 445 g/mol. The van der Waals surface area contributed by atoms with Crippen molar-refractivity contribution in [3.8, 4) is 5.75 Å². The Balaban J connectivity index is 1.50. The highest BCUT2D eigenvalue weighted by Gasteiger charge is 2.13. The molecule has 1 aromatic heterocycles. The molecule has 3 aromatic rings. The number of hydrogen-bond acceptors (Lipinski definition) is 6. The molecule has 0 bridgehead atoms. The van der Waals surface area contributed by atoms with Crippen molar-refractivity contribution in [2.24, 2.45) is 7.05 Å². The Bertz CT molecular complexity index is 1020. The number of benzene rings is 2. The number of nitrogens with one attached hydrogen (secondary N) is 1. The molecule has 0 aliphatic carbocycles. The van der Waals surface area contributed by atoms with Gasteiger partial charge < -0.3 is 14.6 Å². The number of methoxy groups -OCH3 is 1. The van der Waals surface area contributed by atoms with Crippen LogP contribution in [0.5, 0.6) is 5.75 Å². The number of halogens is 1. The van der Waals surface area contributed by atoms with Gasteiger partial charge in [0.1, 0.15) is 5.75 Å². The van der Waals surface area contributed by atoms with Gasteiger partial charge in [0.25, 0.3) is 0 Å². The maximum atomic E-state index is 12.3. The molecule has 30 heavy (non-hydrogen) atoms. The number of ether oxygens (including phenoxy) is 1. The fourth-order valence-corrected chi connectivity index (χ4v) is 3.59. The first-order valence-corrected chi connectivity index (χ1v) is 10.5. The second-order valence-corrected chi connectivity index (χ2v) is 7.86. The minimum Gasteiger partial charge on any atom is -0.497 e. The summed E-state index contributed by atoms with van der Waals surface area (Å²) < 4.78 is 6.88. The SMILES string of the molecule is COc1ccc(CC(=O)NCc2nnc(SCC(=O)c3ccc(Cl)cc3)n2C)cc1. The van der Waals surface area contributed by atoms with E-state index in [0.29, 0.717) is 21.6 Å². The second-order valence-electron chi connectivity index (χ2n) is 6.48. The van der Waals surface area contributed by atoms with Crippen LogP contribution in [0.2, 0.25) is 5.02 Å². The lowest BCUT2D eigenvalue weighted by Crippen LogP contribution is -2.26. The molecule has 0 unspecified atom stereocenters. The molecule has 3 rings (SSSR count). The summed E-state index contributed by atoms with van der Waals surface area (Å²) in [5, 5.41) is 12.3. The number of rotatable bonds is 9. The summed E-state index contributed by atoms with van der Waals surface area (Å²) in [7, 11) is 3.41. The zero-order chi connectivity index (χ0) is 21.5. The zero-order valence-electron chi connectivity index (χ0n) is 16.6. The summed E-state index contributed by atoms with van der Waals surface area (Å²) in [6.07, 6.45) is 0.263. The van der Waals surface area contributed by atoms with Crippen LogP contribution >= 0.6 is 23.4 Å². The van der Waals surface area contributed by atoms with Gasteiger partial charge in [-0.3, -0.25) is 9.59 Å². The van der Waals surface area contributed by atoms with Gasteiger partial charge in [0, 0.05) is 17.6 Å². The number of carbonyl (C=O) groups is 2. The van der Waals surface area contributed by atoms with Crippen LogP contribution in [0.15, 0.2) is 53.7 Å². The molecular weight excluding hydrogens is 424 g/mol. The summed E-state index contributed by atoms with van der Waals surface area (Å²) in [6, 6.07) is 14.1. The van der Waals surface area contributed by atoms with Crippen molar-refractivity contribution in [1.82, 2.24) is 20.1 Å². The van der Waals surface area contributed by atoms with Gasteiger partial charge in [-0.1, -0.05) is 35.5 Å². The average Bonchev–Trinajstić information content (AvgIpc) is 3.11. The molecule has 7 nitrogen and oxygen atoms in total. The highest BCUT2D eigenvalue weighted by Crippen LogP contribution is 2.18. The lowest BCUT2D eigenvalue weighted by molar-refractivity contribution is -0.120. The van der Waals surface area contributed by atoms with Crippen molar-refractivity contribution in [3.63, 3.8) is 0 Å². The number of aromatic nitrogens is 3. The molecule has 0 aliphatic heterocycles. The monoisotopic (exact) mass is 444 g/mol. The number of Topliss-reactive ketones (excluding diaryl/α,β-unsaturated/α-hetero) is 1. The van der Waals surface area contributed by atoms with Crippen LogP contribution in [-0.4, -0.2) is 39.3 Å². The molecule has 1 N–H and O–H groups in total. The molecule has 1 heterocycles. The topological polar surface area (TPSA) is 86.1 Å². The van der Waals surface area contributed by atoms with Crippen LogP contribution in [0.4, 0.5) is 0 Å². The van der Waals surface area contributed by atoms with Crippen molar-refractivity contribution in [3.05, 3.63) is 70.5 Å². The van der Waals surface area contributed by atoms with Crippen LogP contribution in [0, 0.1) is 0 Å². The second kappa shape index (κ2) is 10.3. The molecule has 0 radical (unpaired) electrons. The summed E-state index contributed by atoms with van der Waals surface area (Å²) >= 11 is 7.15. The summed E-state index contributed by atoms with van der Waals surface area (Å²) in [5.41, 5.74) is 1.49. The molecular formula is C21H21ClN4O3S. The first kappa shape index (κ1) is 21.9. The Morgan fingerprint density at radius 2 is 1.80 bits per heavy atom. The summed E-state index contributed by atoms with van der Waals surface area (Å²) in [4.78, 5) is 24.5. The van der Waals surface area contributed by atoms with Gasteiger partial charge in [-0.25, -0.2) is 0 Å². The van der Waals surface area contributed by atoms with E-state index in [-0.39, 0.29) is 30.4 Å². The molecule has 156 valence electrons. The quantitative estimate of drug-likeness (QED) is 0.402. The van der Waals surface area contributed by atoms with Gasteiger partial charge in [-0.2, -0.15) is 0 Å². The van der Waals surface area contributed by atoms with E-state index in [1.807, 2.05) is 24.3 Å². The van der Waals surface area contributed by atoms with E-state index < -0.39 is 0 Å². The first-order valence-electron chi connectivity index (χ1n) is 9.15. The van der Waals surface area contributed by atoms with E-state index in [9.17, 15) is 9.59 Å². The third-order valence-electron chi connectivity index (χ3n) is 4.39. The van der Waals surface area contributed by atoms with Crippen LogP contribution in [0.1, 0.15) is 21.7 Å². The number of nitrogens with zero attached hydrogens (tertiary/aromatic N) is 3. The standard InChI is InChI=1S/C21H21ClN4O3S/c1-26-19(12-23-20(28)11-14-3-9-17(29-2)10-4-14)24-25-21(26)30-13-18(27)15-5-7-16(22)8-6-15/h3-10H,11-13H2,1-2H3,(H,23,28). The number of amides is 1. The molecule has 0 spiro atoms. The number of hydrogen-bond donors (Lipinski definition) is 1. The molecule has 0 saturated carbocycles. The highest BCUT2D eigenvalue weighted by molar-refractivity contribution is 7.99. The third-order valence-corrected chi connectivity index (χ3v) is 5.66. The van der Waals surface area contributed by atoms with Crippen molar-refractivity contribution in [2.75, 3.05) is 12.9 Å². The highest BCUT2D eigenvalue weighted by atomic mass is 35.5. The summed E-state index contributed by atoms with van der Waals surface area (Å²) in [5.74, 6) is 1.46. The van der Waals surface area contributed by atoms with Gasteiger partial charge in [-0.15, -0.1) is 10.2 Å². The van der Waals surface area contributed by atoms with Crippen molar-refractivity contribution in [2.45, 2.75) is 18.1 Å². The van der Waals surface area contributed by atoms with E-state index in [4.69, 9.17) is 16.3 Å². The van der Waals surface area contributed by atoms with Gasteiger partial charge in [0.15, 0.2) is 16.8 Å². The first-order chi connectivity index (χ1) is 14.5. The molecule has 0 aliphatic rings. The van der Waals surface area contributed by atoms with Crippen LogP contribution in [0.25, 0.3) is 0 Å². The lowest BCUT2D eigenvalue weighted by Gasteiger charge is -2.07. The normalized spacial score (nSPS) is 10.6. The van der Waals surface area contributed by atoms with E-state index in [1.165, 1.54) is 11.8 Å². The molecule has 0 atom stereocenters. The Morgan fingerprint density at radius 3 is 2.47 bits per heavy atom. The Labute approximate surface area is 183 Å². The van der Waals surface area contributed by atoms with E-state index in [1.54, 1.807) is 43.0 Å². The minimum atomic E-state index is -0.115. The van der Waals surface area contributed by atoms with Crippen molar-refractivity contribution in [1.29, 1.82) is 0 Å². The molecule has 0 saturated heterocycles. The number of carbonyl (C=O) groups excluding carboxylic acids is 2. The Kier molecular flexibility index (Phi) is 7.48. The van der Waals surface area contributed by atoms with Crippen LogP contribution in [0.3, 0.4) is 0 Å². The van der Waals surface area contributed by atoms with Gasteiger partial charge in [0.2, 0.25) is 5.91 Å². The Morgan fingerprint density at radius 1 is 1.10 bits per heavy atom. The molecule has 1 amide bonds. The maximum Gasteiger partial charge on any atom is 0.224 e. The van der Waals surface area contributed by atoms with E-state index >= 15 is 0 Å². The smallest absolute Gasteiger partial charge is 0.224 e. The van der Waals surface area contributed by atoms with Gasteiger partial charge in [-0.05, 0) is 42.0 Å². The minimum absolute atomic E-state index is 0.0194. The molecule has 9 heteroatoms.